The van der Waals surface area contributed by atoms with Crippen LogP contribution in [0.5, 0.6) is 0 Å². The van der Waals surface area contributed by atoms with Crippen LogP contribution in [0.2, 0.25) is 5.02 Å². The highest BCUT2D eigenvalue weighted by atomic mass is 35.5. The first-order valence-electron chi connectivity index (χ1n) is 4.73. The Balaban J connectivity index is 2.82. The van der Waals surface area contributed by atoms with E-state index in [1.807, 2.05) is 0 Å². The molecule has 3 N–H and O–H groups in total. The highest BCUT2D eigenvalue weighted by Crippen LogP contribution is 2.22. The van der Waals surface area contributed by atoms with E-state index in [2.05, 4.69) is 17.2 Å². The molecule has 1 rings (SSSR count). The summed E-state index contributed by atoms with van der Waals surface area (Å²) < 4.78 is 0. The molecule has 1 aromatic rings. The summed E-state index contributed by atoms with van der Waals surface area (Å²) in [5.74, 6) is -1.09. The van der Waals surface area contributed by atoms with Gasteiger partial charge >= 0.3 is 12.0 Å². The third-order valence-electron chi connectivity index (χ3n) is 1.87. The Bertz CT molecular complexity index is 460. The normalized spacial score (nSPS) is 9.47. The molecule has 0 aliphatic carbocycles. The topological polar surface area (TPSA) is 78.4 Å². The summed E-state index contributed by atoms with van der Waals surface area (Å²) in [5, 5.41) is 14.0. The van der Waals surface area contributed by atoms with E-state index < -0.39 is 12.0 Å². The maximum absolute atomic E-state index is 11.3. The van der Waals surface area contributed by atoms with E-state index >= 15 is 0 Å². The fourth-order valence-electron chi connectivity index (χ4n) is 1.09. The molecule has 17 heavy (non-hydrogen) atoms. The van der Waals surface area contributed by atoms with Gasteiger partial charge in [0.1, 0.15) is 0 Å². The summed E-state index contributed by atoms with van der Waals surface area (Å²) in [4.78, 5) is 22.1. The average molecular weight is 255 g/mol. The first-order chi connectivity index (χ1) is 8.04. The van der Waals surface area contributed by atoms with Crippen LogP contribution in [-0.4, -0.2) is 23.7 Å². The number of carboxylic acid groups (broad SMARTS) is 1. The molecule has 0 fully saturated rings. The highest BCUT2D eigenvalue weighted by molar-refractivity contribution is 6.33. The van der Waals surface area contributed by atoms with Crippen LogP contribution in [0, 0.1) is 0 Å². The van der Waals surface area contributed by atoms with Crippen LogP contribution in [0.1, 0.15) is 10.4 Å². The summed E-state index contributed by atoms with van der Waals surface area (Å²) in [6.07, 6.45) is 1.52. The van der Waals surface area contributed by atoms with Gasteiger partial charge in [-0.3, -0.25) is 0 Å². The van der Waals surface area contributed by atoms with Crippen LogP contribution in [0.25, 0.3) is 0 Å². The van der Waals surface area contributed by atoms with Gasteiger partial charge < -0.3 is 15.7 Å². The average Bonchev–Trinajstić information content (AvgIpc) is 2.29. The van der Waals surface area contributed by atoms with Gasteiger partial charge in [0.05, 0.1) is 16.3 Å². The number of amides is 2. The Morgan fingerprint density at radius 3 is 2.76 bits per heavy atom. The van der Waals surface area contributed by atoms with E-state index in [-0.39, 0.29) is 16.3 Å². The lowest BCUT2D eigenvalue weighted by atomic mass is 10.2. The minimum Gasteiger partial charge on any atom is -0.478 e. The van der Waals surface area contributed by atoms with Gasteiger partial charge in [-0.1, -0.05) is 17.7 Å². The van der Waals surface area contributed by atoms with Crippen molar-refractivity contribution in [1.82, 2.24) is 5.32 Å². The van der Waals surface area contributed by atoms with Gasteiger partial charge in [0.2, 0.25) is 0 Å². The van der Waals surface area contributed by atoms with E-state index in [0.717, 1.165) is 0 Å². The number of carbonyl (C=O) groups excluding carboxylic acids is 1. The maximum Gasteiger partial charge on any atom is 0.335 e. The zero-order valence-electron chi connectivity index (χ0n) is 8.87. The molecule has 0 spiro atoms. The molecule has 0 atom stereocenters. The number of carbonyl (C=O) groups is 2. The first kappa shape index (κ1) is 13.1. The molecule has 0 radical (unpaired) electrons. The molecule has 90 valence electrons. The third kappa shape index (κ3) is 3.81. The number of nitrogens with one attached hydrogen (secondary N) is 2. The summed E-state index contributed by atoms with van der Waals surface area (Å²) in [5.41, 5.74) is 0.293. The summed E-state index contributed by atoms with van der Waals surface area (Å²) in [7, 11) is 0. The molecule has 0 saturated carbocycles. The molecule has 2 amide bonds. The Morgan fingerprint density at radius 1 is 1.47 bits per heavy atom. The summed E-state index contributed by atoms with van der Waals surface area (Å²) in [6.45, 7) is 3.76. The van der Waals surface area contributed by atoms with E-state index in [9.17, 15) is 9.59 Å². The molecule has 1 aromatic carbocycles. The lowest BCUT2D eigenvalue weighted by Crippen LogP contribution is -2.28. The Labute approximate surface area is 103 Å². The second-order valence-corrected chi connectivity index (χ2v) is 3.53. The summed E-state index contributed by atoms with van der Waals surface area (Å²) in [6, 6.07) is 3.58. The van der Waals surface area contributed by atoms with Gasteiger partial charge in [-0.2, -0.15) is 0 Å². The van der Waals surface area contributed by atoms with Crippen LogP contribution < -0.4 is 10.6 Å². The van der Waals surface area contributed by atoms with Crippen LogP contribution >= 0.6 is 11.6 Å². The number of aromatic carboxylic acids is 1. The molecule has 5 nitrogen and oxygen atoms in total. The van der Waals surface area contributed by atoms with Crippen molar-refractivity contribution in [1.29, 1.82) is 0 Å². The van der Waals surface area contributed by atoms with Crippen molar-refractivity contribution >= 4 is 29.3 Å². The van der Waals surface area contributed by atoms with Crippen molar-refractivity contribution in [2.45, 2.75) is 0 Å². The van der Waals surface area contributed by atoms with Crippen molar-refractivity contribution in [2.24, 2.45) is 0 Å². The van der Waals surface area contributed by atoms with E-state index in [1.54, 1.807) is 0 Å². The number of benzene rings is 1. The fourth-order valence-corrected chi connectivity index (χ4v) is 1.25. The number of hydrogen-bond donors (Lipinski definition) is 3. The zero-order chi connectivity index (χ0) is 12.8. The SMILES string of the molecule is C=CCNC(=O)Nc1cc(C(=O)O)ccc1Cl. The molecule has 0 bridgehead atoms. The maximum atomic E-state index is 11.3. The van der Waals surface area contributed by atoms with E-state index in [0.29, 0.717) is 6.54 Å². The van der Waals surface area contributed by atoms with Crippen LogP contribution in [0.15, 0.2) is 30.9 Å². The fraction of sp³-hybridized carbons (Fsp3) is 0.0909. The Kier molecular flexibility index (Phi) is 4.54. The molecule has 0 saturated heterocycles. The van der Waals surface area contributed by atoms with Gasteiger partial charge in [-0.05, 0) is 18.2 Å². The minimum atomic E-state index is -1.09. The smallest absolute Gasteiger partial charge is 0.335 e. The Hall–Kier alpha value is -2.01. The monoisotopic (exact) mass is 254 g/mol. The van der Waals surface area contributed by atoms with Gasteiger partial charge in [0.15, 0.2) is 0 Å². The molecule has 0 aromatic heterocycles. The van der Waals surface area contributed by atoms with Crippen molar-refractivity contribution < 1.29 is 14.7 Å². The molecule has 6 heteroatoms. The molecular weight excluding hydrogens is 244 g/mol. The highest BCUT2D eigenvalue weighted by Gasteiger charge is 2.09. The largest absolute Gasteiger partial charge is 0.478 e. The second kappa shape index (κ2) is 5.91. The third-order valence-corrected chi connectivity index (χ3v) is 2.20. The predicted octanol–water partition coefficient (Wildman–Crippen LogP) is 2.35. The lowest BCUT2D eigenvalue weighted by Gasteiger charge is -2.08. The van der Waals surface area contributed by atoms with Crippen LogP contribution in [-0.2, 0) is 0 Å². The molecule has 0 aliphatic rings. The zero-order valence-corrected chi connectivity index (χ0v) is 9.62. The molecule has 0 heterocycles. The minimum absolute atomic E-state index is 0.0495. The van der Waals surface area contributed by atoms with Crippen molar-refractivity contribution in [3.63, 3.8) is 0 Å². The van der Waals surface area contributed by atoms with Gasteiger partial charge in [0, 0.05) is 6.54 Å². The van der Waals surface area contributed by atoms with Crippen LogP contribution in [0.3, 0.4) is 0 Å². The van der Waals surface area contributed by atoms with Gasteiger partial charge in [-0.25, -0.2) is 9.59 Å². The van der Waals surface area contributed by atoms with E-state index in [1.165, 1.54) is 24.3 Å². The Morgan fingerprint density at radius 2 is 2.18 bits per heavy atom. The van der Waals surface area contributed by atoms with Crippen molar-refractivity contribution in [2.75, 3.05) is 11.9 Å². The van der Waals surface area contributed by atoms with Crippen LogP contribution in [0.4, 0.5) is 10.5 Å². The number of hydrogen-bond acceptors (Lipinski definition) is 2. The predicted molar refractivity (Wildman–Crippen MR) is 65.6 cm³/mol. The lowest BCUT2D eigenvalue weighted by molar-refractivity contribution is 0.0697. The van der Waals surface area contributed by atoms with Crippen molar-refractivity contribution in [3.05, 3.63) is 41.4 Å². The summed E-state index contributed by atoms with van der Waals surface area (Å²) >= 11 is 5.82. The number of anilines is 1. The second-order valence-electron chi connectivity index (χ2n) is 3.12. The molecule has 0 aliphatic heterocycles. The molecular formula is C11H11ClN2O3. The number of rotatable bonds is 4. The number of halogens is 1. The number of urea groups is 1. The van der Waals surface area contributed by atoms with Gasteiger partial charge in [0.25, 0.3) is 0 Å². The number of carboxylic acids is 1. The van der Waals surface area contributed by atoms with Crippen molar-refractivity contribution in [3.8, 4) is 0 Å². The van der Waals surface area contributed by atoms with E-state index in [4.69, 9.17) is 16.7 Å². The quantitative estimate of drug-likeness (QED) is 0.722. The first-order valence-corrected chi connectivity index (χ1v) is 5.11. The van der Waals surface area contributed by atoms with Gasteiger partial charge in [-0.15, -0.1) is 6.58 Å². The standard InChI is InChI=1S/C11H11ClN2O3/c1-2-5-13-11(17)14-9-6-7(10(15)16)3-4-8(9)12/h2-4,6H,1,5H2,(H,15,16)(H2,13,14,17). The molecule has 0 unspecified atom stereocenters.